The average Bonchev–Trinajstić information content (AvgIpc) is 3.30. The first-order chi connectivity index (χ1) is 13.8. The molecule has 0 atom stereocenters. The van der Waals surface area contributed by atoms with Crippen LogP contribution in [0.25, 0.3) is 5.69 Å². The summed E-state index contributed by atoms with van der Waals surface area (Å²) in [6, 6.07) is 26.2. The first kappa shape index (κ1) is 17.7. The average molecular weight is 371 g/mol. The zero-order valence-corrected chi connectivity index (χ0v) is 15.8. The van der Waals surface area contributed by atoms with Crippen LogP contribution in [-0.4, -0.2) is 24.0 Å². The maximum atomic E-state index is 5.31. The molecule has 0 aliphatic rings. The molecule has 0 aliphatic carbocycles. The molecule has 28 heavy (non-hydrogen) atoms. The van der Waals surface area contributed by atoms with Crippen molar-refractivity contribution in [2.24, 2.45) is 0 Å². The van der Waals surface area contributed by atoms with Gasteiger partial charge in [0.1, 0.15) is 11.5 Å². The summed E-state index contributed by atoms with van der Waals surface area (Å²) in [6.07, 6.45) is 3.71. The zero-order valence-electron chi connectivity index (χ0n) is 15.8. The predicted octanol–water partition coefficient (Wildman–Crippen LogP) is 5.36. The molecule has 4 aromatic rings. The molecular weight excluding hydrogens is 350 g/mol. The number of ether oxygens (including phenoxy) is 2. The van der Waals surface area contributed by atoms with Gasteiger partial charge in [-0.15, -0.1) is 0 Å². The van der Waals surface area contributed by atoms with Crippen molar-refractivity contribution in [3.8, 4) is 17.2 Å². The summed E-state index contributed by atoms with van der Waals surface area (Å²) >= 11 is 0. The monoisotopic (exact) mass is 371 g/mol. The van der Waals surface area contributed by atoms with Crippen LogP contribution in [0.1, 0.15) is 0 Å². The normalized spacial score (nSPS) is 10.5. The highest BCUT2D eigenvalue weighted by molar-refractivity contribution is 5.77. The molecule has 0 amide bonds. The molecule has 5 heteroatoms. The molecule has 0 unspecified atom stereocenters. The largest absolute Gasteiger partial charge is 0.497 e. The topological polar surface area (TPSA) is 39.5 Å². The number of hydrogen-bond acceptors (Lipinski definition) is 4. The fraction of sp³-hybridized carbons (Fsp3) is 0.0870. The van der Waals surface area contributed by atoms with Crippen molar-refractivity contribution in [1.29, 1.82) is 0 Å². The standard InChI is InChI=1S/C23H21N3O2/c1-27-22-11-7-18(8-12-22)26(19-9-13-23(28-2)14-10-19)21-6-3-5-20(17-21)25-16-4-15-24-25/h3-17H,1-2H3. The van der Waals surface area contributed by atoms with Gasteiger partial charge in [-0.05, 0) is 72.8 Å². The Morgan fingerprint density at radius 3 is 1.82 bits per heavy atom. The van der Waals surface area contributed by atoms with Crippen LogP contribution in [0.15, 0.2) is 91.3 Å². The number of hydrogen-bond donors (Lipinski definition) is 0. The minimum Gasteiger partial charge on any atom is -0.497 e. The van der Waals surface area contributed by atoms with Gasteiger partial charge in [-0.25, -0.2) is 4.68 Å². The van der Waals surface area contributed by atoms with Crippen LogP contribution < -0.4 is 14.4 Å². The highest BCUT2D eigenvalue weighted by atomic mass is 16.5. The second kappa shape index (κ2) is 7.88. The van der Waals surface area contributed by atoms with Crippen LogP contribution in [0.4, 0.5) is 17.1 Å². The fourth-order valence-electron chi connectivity index (χ4n) is 3.11. The van der Waals surface area contributed by atoms with Crippen molar-refractivity contribution in [3.63, 3.8) is 0 Å². The minimum absolute atomic E-state index is 0.823. The van der Waals surface area contributed by atoms with Gasteiger partial charge in [0.05, 0.1) is 19.9 Å². The Morgan fingerprint density at radius 1 is 0.714 bits per heavy atom. The van der Waals surface area contributed by atoms with Gasteiger partial charge in [-0.1, -0.05) is 6.07 Å². The number of rotatable bonds is 6. The lowest BCUT2D eigenvalue weighted by Crippen LogP contribution is -2.10. The quantitative estimate of drug-likeness (QED) is 0.457. The van der Waals surface area contributed by atoms with E-state index in [1.807, 2.05) is 77.6 Å². The molecule has 0 N–H and O–H groups in total. The van der Waals surface area contributed by atoms with Crippen LogP contribution >= 0.6 is 0 Å². The number of benzene rings is 3. The number of methoxy groups -OCH3 is 2. The molecule has 0 saturated carbocycles. The Labute approximate surface area is 164 Å². The molecule has 4 rings (SSSR count). The molecule has 3 aromatic carbocycles. The van der Waals surface area contributed by atoms with E-state index in [2.05, 4.69) is 22.1 Å². The summed E-state index contributed by atoms with van der Waals surface area (Å²) < 4.78 is 12.5. The van der Waals surface area contributed by atoms with Gasteiger partial charge < -0.3 is 14.4 Å². The van der Waals surface area contributed by atoms with Crippen molar-refractivity contribution >= 4 is 17.1 Å². The highest BCUT2D eigenvalue weighted by Crippen LogP contribution is 2.36. The van der Waals surface area contributed by atoms with Crippen molar-refractivity contribution in [2.45, 2.75) is 0 Å². The van der Waals surface area contributed by atoms with Crippen LogP contribution in [0, 0.1) is 0 Å². The summed E-state index contributed by atoms with van der Waals surface area (Å²) in [5.41, 5.74) is 4.09. The Kier molecular flexibility index (Phi) is 4.97. The number of nitrogens with zero attached hydrogens (tertiary/aromatic N) is 3. The summed E-state index contributed by atoms with van der Waals surface area (Å²) in [7, 11) is 3.34. The van der Waals surface area contributed by atoms with E-state index in [9.17, 15) is 0 Å². The van der Waals surface area contributed by atoms with Crippen LogP contribution in [0.2, 0.25) is 0 Å². The SMILES string of the molecule is COc1ccc(N(c2ccc(OC)cc2)c2cccc(-n3cccn3)c2)cc1. The van der Waals surface area contributed by atoms with Crippen molar-refractivity contribution in [2.75, 3.05) is 19.1 Å². The van der Waals surface area contributed by atoms with E-state index in [0.717, 1.165) is 34.2 Å². The second-order valence-corrected chi connectivity index (χ2v) is 6.20. The van der Waals surface area contributed by atoms with Crippen molar-refractivity contribution in [1.82, 2.24) is 9.78 Å². The highest BCUT2D eigenvalue weighted by Gasteiger charge is 2.14. The smallest absolute Gasteiger partial charge is 0.119 e. The van der Waals surface area contributed by atoms with E-state index < -0.39 is 0 Å². The Hall–Kier alpha value is -3.73. The lowest BCUT2D eigenvalue weighted by Gasteiger charge is -2.26. The van der Waals surface area contributed by atoms with E-state index >= 15 is 0 Å². The Morgan fingerprint density at radius 2 is 1.32 bits per heavy atom. The molecule has 0 radical (unpaired) electrons. The Balaban J connectivity index is 1.81. The summed E-state index contributed by atoms with van der Waals surface area (Å²) in [5.74, 6) is 1.65. The zero-order chi connectivity index (χ0) is 19.3. The van der Waals surface area contributed by atoms with Gasteiger partial charge in [0.2, 0.25) is 0 Å². The molecule has 0 aliphatic heterocycles. The van der Waals surface area contributed by atoms with E-state index in [-0.39, 0.29) is 0 Å². The molecular formula is C23H21N3O2. The molecule has 0 saturated heterocycles. The van der Waals surface area contributed by atoms with Gasteiger partial charge >= 0.3 is 0 Å². The van der Waals surface area contributed by atoms with Gasteiger partial charge in [-0.2, -0.15) is 5.10 Å². The molecule has 0 spiro atoms. The molecule has 0 fully saturated rings. The Bertz CT molecular complexity index is 979. The van der Waals surface area contributed by atoms with Crippen molar-refractivity contribution < 1.29 is 9.47 Å². The van der Waals surface area contributed by atoms with E-state index in [1.54, 1.807) is 20.4 Å². The van der Waals surface area contributed by atoms with E-state index in [1.165, 1.54) is 0 Å². The number of anilines is 3. The first-order valence-electron chi connectivity index (χ1n) is 8.97. The molecule has 0 bridgehead atoms. The summed E-state index contributed by atoms with van der Waals surface area (Å²) in [5, 5.41) is 4.34. The lowest BCUT2D eigenvalue weighted by molar-refractivity contribution is 0.415. The summed E-state index contributed by atoms with van der Waals surface area (Å²) in [6.45, 7) is 0. The number of aromatic nitrogens is 2. The van der Waals surface area contributed by atoms with E-state index in [4.69, 9.17) is 9.47 Å². The third-order valence-electron chi connectivity index (χ3n) is 4.52. The summed E-state index contributed by atoms with van der Waals surface area (Å²) in [4.78, 5) is 2.19. The third kappa shape index (κ3) is 3.55. The van der Waals surface area contributed by atoms with Gasteiger partial charge in [0, 0.05) is 29.5 Å². The van der Waals surface area contributed by atoms with Gasteiger partial charge in [0.15, 0.2) is 0 Å². The van der Waals surface area contributed by atoms with Crippen molar-refractivity contribution in [3.05, 3.63) is 91.3 Å². The minimum atomic E-state index is 0.823. The maximum Gasteiger partial charge on any atom is 0.119 e. The maximum absolute atomic E-state index is 5.31. The van der Waals surface area contributed by atoms with Crippen LogP contribution in [0.3, 0.4) is 0 Å². The third-order valence-corrected chi connectivity index (χ3v) is 4.52. The molecule has 1 heterocycles. The van der Waals surface area contributed by atoms with Crippen LogP contribution in [-0.2, 0) is 0 Å². The van der Waals surface area contributed by atoms with E-state index in [0.29, 0.717) is 0 Å². The fourth-order valence-corrected chi connectivity index (χ4v) is 3.11. The predicted molar refractivity (Wildman–Crippen MR) is 111 cm³/mol. The molecule has 1 aromatic heterocycles. The van der Waals surface area contributed by atoms with Gasteiger partial charge in [-0.3, -0.25) is 0 Å². The lowest BCUT2D eigenvalue weighted by atomic mass is 10.1. The first-order valence-corrected chi connectivity index (χ1v) is 8.97. The molecule has 5 nitrogen and oxygen atoms in total. The molecule has 140 valence electrons. The van der Waals surface area contributed by atoms with Crippen LogP contribution in [0.5, 0.6) is 11.5 Å². The van der Waals surface area contributed by atoms with Gasteiger partial charge in [0.25, 0.3) is 0 Å². The second-order valence-electron chi connectivity index (χ2n) is 6.20.